The number of rotatable bonds is 9. The zero-order valence-electron chi connectivity index (χ0n) is 17.0. The normalized spacial score (nSPS) is 15.0. The second kappa shape index (κ2) is 11.8. The van der Waals surface area contributed by atoms with E-state index in [1.54, 1.807) is 18.3 Å². The lowest BCUT2D eigenvalue weighted by Gasteiger charge is -2.26. The lowest BCUT2D eigenvalue weighted by Crippen LogP contribution is -2.40. The van der Waals surface area contributed by atoms with Crippen LogP contribution in [0.2, 0.25) is 0 Å². The molecule has 9 heteroatoms. The maximum atomic E-state index is 10.8. The van der Waals surface area contributed by atoms with Gasteiger partial charge >= 0.3 is 0 Å². The monoisotopic (exact) mass is 412 g/mol. The van der Waals surface area contributed by atoms with Gasteiger partial charge in [0.15, 0.2) is 5.96 Å². The van der Waals surface area contributed by atoms with Crippen molar-refractivity contribution in [1.82, 2.24) is 20.5 Å². The van der Waals surface area contributed by atoms with Gasteiger partial charge in [0.25, 0.3) is 5.69 Å². The summed E-state index contributed by atoms with van der Waals surface area (Å²) in [5, 5.41) is 17.5. The summed E-state index contributed by atoms with van der Waals surface area (Å²) in [7, 11) is 0. The number of hydrogen-bond acceptors (Lipinski definition) is 6. The minimum atomic E-state index is -0.400. The van der Waals surface area contributed by atoms with Gasteiger partial charge in [0, 0.05) is 38.0 Å². The number of ether oxygens (including phenoxy) is 1. The van der Waals surface area contributed by atoms with Crippen LogP contribution in [-0.4, -0.2) is 60.2 Å². The highest BCUT2D eigenvalue weighted by molar-refractivity contribution is 5.79. The first-order chi connectivity index (χ1) is 14.7. The lowest BCUT2D eigenvalue weighted by atomic mass is 10.2. The van der Waals surface area contributed by atoms with E-state index in [0.717, 1.165) is 57.1 Å². The van der Waals surface area contributed by atoms with Crippen molar-refractivity contribution in [2.45, 2.75) is 19.5 Å². The Morgan fingerprint density at radius 2 is 1.97 bits per heavy atom. The van der Waals surface area contributed by atoms with Crippen molar-refractivity contribution < 1.29 is 9.66 Å². The minimum absolute atomic E-state index is 0.0810. The summed E-state index contributed by atoms with van der Waals surface area (Å²) in [5.41, 5.74) is 1.92. The third-order valence-corrected chi connectivity index (χ3v) is 4.78. The lowest BCUT2D eigenvalue weighted by molar-refractivity contribution is -0.384. The number of hydrogen-bond donors (Lipinski definition) is 2. The highest BCUT2D eigenvalue weighted by Crippen LogP contribution is 2.12. The Bertz CT molecular complexity index is 807. The number of benzene rings is 1. The average molecular weight is 412 g/mol. The van der Waals surface area contributed by atoms with E-state index >= 15 is 0 Å². The van der Waals surface area contributed by atoms with Crippen molar-refractivity contribution in [1.29, 1.82) is 0 Å². The van der Waals surface area contributed by atoms with Crippen molar-refractivity contribution in [3.63, 3.8) is 0 Å². The summed E-state index contributed by atoms with van der Waals surface area (Å²) in [6, 6.07) is 12.3. The zero-order chi connectivity index (χ0) is 21.0. The minimum Gasteiger partial charge on any atom is -0.379 e. The fourth-order valence-corrected chi connectivity index (χ4v) is 3.08. The Hall–Kier alpha value is -3.04. The molecule has 0 amide bonds. The number of aromatic nitrogens is 1. The molecule has 0 unspecified atom stereocenters. The molecular formula is C21H28N6O3. The summed E-state index contributed by atoms with van der Waals surface area (Å²) in [5.74, 6) is 0.695. The molecule has 2 heterocycles. The SMILES string of the molecule is O=[N+]([O-])c1ccc(CN=C(NCCCN2CCOCC2)NCc2ccccn2)cc1. The Morgan fingerprint density at radius 3 is 2.67 bits per heavy atom. The van der Waals surface area contributed by atoms with Gasteiger partial charge in [-0.2, -0.15) is 0 Å². The predicted molar refractivity (Wildman–Crippen MR) is 115 cm³/mol. The number of pyridine rings is 1. The molecule has 1 fully saturated rings. The molecule has 3 rings (SSSR count). The van der Waals surface area contributed by atoms with Gasteiger partial charge in [-0.15, -0.1) is 0 Å². The number of nitrogens with one attached hydrogen (secondary N) is 2. The van der Waals surface area contributed by atoms with Crippen LogP contribution < -0.4 is 10.6 Å². The highest BCUT2D eigenvalue weighted by atomic mass is 16.6. The zero-order valence-corrected chi connectivity index (χ0v) is 17.0. The molecule has 0 atom stereocenters. The van der Waals surface area contributed by atoms with Gasteiger partial charge in [-0.05, 0) is 30.7 Å². The molecule has 1 aliphatic heterocycles. The van der Waals surface area contributed by atoms with Gasteiger partial charge in [0.2, 0.25) is 0 Å². The van der Waals surface area contributed by atoms with E-state index in [4.69, 9.17) is 4.74 Å². The molecule has 2 N–H and O–H groups in total. The van der Waals surface area contributed by atoms with E-state index in [-0.39, 0.29) is 5.69 Å². The smallest absolute Gasteiger partial charge is 0.269 e. The Labute approximate surface area is 176 Å². The third kappa shape index (κ3) is 7.41. The Balaban J connectivity index is 1.53. The largest absolute Gasteiger partial charge is 0.379 e. The van der Waals surface area contributed by atoms with Gasteiger partial charge in [-0.3, -0.25) is 20.0 Å². The molecule has 2 aromatic rings. The maximum Gasteiger partial charge on any atom is 0.269 e. The standard InChI is InChI=1S/C21H28N6O3/c28-27(29)20-7-5-18(6-8-20)16-24-21(25-17-19-4-1-2-9-22-19)23-10-3-11-26-12-14-30-15-13-26/h1-2,4-9H,3,10-17H2,(H2,23,24,25). The predicted octanol–water partition coefficient (Wildman–Crippen LogP) is 1.95. The molecule has 9 nitrogen and oxygen atoms in total. The van der Waals surface area contributed by atoms with Crippen LogP contribution in [0.4, 0.5) is 5.69 Å². The fraction of sp³-hybridized carbons (Fsp3) is 0.429. The van der Waals surface area contributed by atoms with Gasteiger partial charge in [-0.25, -0.2) is 4.99 Å². The van der Waals surface area contributed by atoms with E-state index in [0.29, 0.717) is 19.0 Å². The van der Waals surface area contributed by atoms with Crippen molar-refractivity contribution in [3.8, 4) is 0 Å². The van der Waals surface area contributed by atoms with Crippen LogP contribution in [0.25, 0.3) is 0 Å². The van der Waals surface area contributed by atoms with E-state index < -0.39 is 4.92 Å². The summed E-state index contributed by atoms with van der Waals surface area (Å²) >= 11 is 0. The van der Waals surface area contributed by atoms with Crippen LogP contribution >= 0.6 is 0 Å². The van der Waals surface area contributed by atoms with Crippen molar-refractivity contribution in [3.05, 3.63) is 70.0 Å². The van der Waals surface area contributed by atoms with E-state index in [2.05, 4.69) is 25.5 Å². The van der Waals surface area contributed by atoms with Crippen LogP contribution in [0.5, 0.6) is 0 Å². The van der Waals surface area contributed by atoms with Crippen LogP contribution in [-0.2, 0) is 17.8 Å². The summed E-state index contributed by atoms with van der Waals surface area (Å²) in [4.78, 5) is 21.8. The highest BCUT2D eigenvalue weighted by Gasteiger charge is 2.09. The second-order valence-electron chi connectivity index (χ2n) is 7.00. The van der Waals surface area contributed by atoms with Crippen molar-refractivity contribution >= 4 is 11.6 Å². The topological polar surface area (TPSA) is 105 Å². The maximum absolute atomic E-state index is 10.8. The molecule has 0 spiro atoms. The van der Waals surface area contributed by atoms with Crippen molar-refractivity contribution in [2.75, 3.05) is 39.4 Å². The Kier molecular flexibility index (Phi) is 8.55. The number of nitro groups is 1. The van der Waals surface area contributed by atoms with Crippen LogP contribution in [0.1, 0.15) is 17.7 Å². The number of nitrogens with zero attached hydrogens (tertiary/aromatic N) is 4. The molecule has 0 aliphatic carbocycles. The third-order valence-electron chi connectivity index (χ3n) is 4.78. The van der Waals surface area contributed by atoms with Crippen molar-refractivity contribution in [2.24, 2.45) is 4.99 Å². The van der Waals surface area contributed by atoms with Gasteiger partial charge in [0.1, 0.15) is 0 Å². The van der Waals surface area contributed by atoms with Crippen LogP contribution in [0.15, 0.2) is 53.7 Å². The molecular weight excluding hydrogens is 384 g/mol. The molecule has 30 heavy (non-hydrogen) atoms. The summed E-state index contributed by atoms with van der Waals surface area (Å²) in [6.07, 6.45) is 2.77. The quantitative estimate of drug-likeness (QED) is 0.213. The molecule has 1 aromatic carbocycles. The molecule has 160 valence electrons. The number of nitro benzene ring substituents is 1. The first-order valence-corrected chi connectivity index (χ1v) is 10.2. The van der Waals surface area contributed by atoms with E-state index in [1.807, 2.05) is 18.2 Å². The van der Waals surface area contributed by atoms with Crippen LogP contribution in [0, 0.1) is 10.1 Å². The molecule has 1 saturated heterocycles. The summed E-state index contributed by atoms with van der Waals surface area (Å²) < 4.78 is 5.38. The average Bonchev–Trinajstić information content (AvgIpc) is 2.79. The molecule has 0 radical (unpaired) electrons. The molecule has 1 aliphatic rings. The van der Waals surface area contributed by atoms with E-state index in [1.165, 1.54) is 12.1 Å². The van der Waals surface area contributed by atoms with Gasteiger partial charge < -0.3 is 15.4 Å². The molecule has 1 aromatic heterocycles. The number of guanidine groups is 1. The van der Waals surface area contributed by atoms with E-state index in [9.17, 15) is 10.1 Å². The Morgan fingerprint density at radius 1 is 1.17 bits per heavy atom. The summed E-state index contributed by atoms with van der Waals surface area (Å²) in [6.45, 7) is 6.40. The number of aliphatic imine (C=N–C) groups is 1. The van der Waals surface area contributed by atoms with Gasteiger partial charge in [-0.1, -0.05) is 18.2 Å². The second-order valence-corrected chi connectivity index (χ2v) is 7.00. The first kappa shape index (κ1) is 21.7. The molecule has 0 bridgehead atoms. The fourth-order valence-electron chi connectivity index (χ4n) is 3.08. The first-order valence-electron chi connectivity index (χ1n) is 10.2. The molecule has 0 saturated carbocycles. The van der Waals surface area contributed by atoms with Gasteiger partial charge in [0.05, 0.1) is 36.9 Å². The number of morpholine rings is 1. The number of non-ortho nitro benzene ring substituents is 1. The van der Waals surface area contributed by atoms with Crippen LogP contribution in [0.3, 0.4) is 0 Å².